The Morgan fingerprint density at radius 2 is 1.96 bits per heavy atom. The molecule has 25 heavy (non-hydrogen) atoms. The zero-order chi connectivity index (χ0) is 17.8. The molecule has 1 amide bonds. The monoisotopic (exact) mass is 365 g/mol. The van der Waals surface area contributed by atoms with E-state index in [9.17, 15) is 14.7 Å². The fourth-order valence-corrected chi connectivity index (χ4v) is 4.85. The van der Waals surface area contributed by atoms with Gasteiger partial charge in [0.2, 0.25) is 11.8 Å². The number of hydrogen-bond acceptors (Lipinski definition) is 5. The smallest absolute Gasteiger partial charge is 0.258 e. The molecule has 0 aliphatic heterocycles. The van der Waals surface area contributed by atoms with Crippen LogP contribution < -0.4 is 10.9 Å². The summed E-state index contributed by atoms with van der Waals surface area (Å²) < 4.78 is 1.66. The lowest BCUT2D eigenvalue weighted by Crippen LogP contribution is -2.42. The van der Waals surface area contributed by atoms with Crippen LogP contribution in [0.15, 0.2) is 16.0 Å². The molecule has 1 aromatic rings. The molecule has 0 aromatic carbocycles. The van der Waals surface area contributed by atoms with Crippen LogP contribution in [0.3, 0.4) is 0 Å². The van der Waals surface area contributed by atoms with Gasteiger partial charge in [-0.2, -0.15) is 4.98 Å². The third-order valence-electron chi connectivity index (χ3n) is 5.39. The Morgan fingerprint density at radius 3 is 2.68 bits per heavy atom. The normalized spacial score (nSPS) is 24.4. The van der Waals surface area contributed by atoms with Crippen molar-refractivity contribution in [2.45, 2.75) is 75.5 Å². The summed E-state index contributed by atoms with van der Waals surface area (Å²) in [5, 5.41) is 13.3. The van der Waals surface area contributed by atoms with Gasteiger partial charge in [0.25, 0.3) is 5.56 Å². The Labute approximate surface area is 152 Å². The van der Waals surface area contributed by atoms with Gasteiger partial charge in [0.15, 0.2) is 5.16 Å². The van der Waals surface area contributed by atoms with E-state index in [1.807, 2.05) is 0 Å². The van der Waals surface area contributed by atoms with Crippen molar-refractivity contribution < 1.29 is 9.90 Å². The fourth-order valence-electron chi connectivity index (χ4n) is 3.97. The van der Waals surface area contributed by atoms with E-state index in [1.165, 1.54) is 18.2 Å². The van der Waals surface area contributed by atoms with Crippen LogP contribution >= 0.6 is 11.8 Å². The van der Waals surface area contributed by atoms with Gasteiger partial charge in [-0.15, -0.1) is 0 Å². The summed E-state index contributed by atoms with van der Waals surface area (Å²) in [6, 6.07) is 1.53. The van der Waals surface area contributed by atoms with Crippen LogP contribution in [0.1, 0.15) is 64.3 Å². The molecule has 7 heteroatoms. The first-order chi connectivity index (χ1) is 12.0. The second-order valence-electron chi connectivity index (χ2n) is 7.27. The summed E-state index contributed by atoms with van der Waals surface area (Å²) in [7, 11) is 0. The molecular weight excluding hydrogens is 338 g/mol. The number of aromatic nitrogens is 2. The van der Waals surface area contributed by atoms with Gasteiger partial charge in [0.05, 0.1) is 11.8 Å². The van der Waals surface area contributed by atoms with Crippen molar-refractivity contribution in [3.8, 4) is 5.88 Å². The van der Waals surface area contributed by atoms with Crippen LogP contribution in [-0.4, -0.2) is 32.4 Å². The third kappa shape index (κ3) is 4.57. The second kappa shape index (κ2) is 8.25. The van der Waals surface area contributed by atoms with Gasteiger partial charge in [0, 0.05) is 12.1 Å². The van der Waals surface area contributed by atoms with Crippen LogP contribution in [0.4, 0.5) is 0 Å². The predicted octanol–water partition coefficient (Wildman–Crippen LogP) is 2.85. The standard InChI is InChI=1S/C18H27N3O3S/c1-12-6-2-5-9-14(12)19-16(23)11-25-18-20-15(22)10-17(24)21(18)13-7-3-4-8-13/h10,12-14,22H,2-9,11H2,1H3,(H,19,23)/t12-,14+/m0/s1. The highest BCUT2D eigenvalue weighted by Gasteiger charge is 2.25. The van der Waals surface area contributed by atoms with Gasteiger partial charge in [-0.25, -0.2) is 0 Å². The van der Waals surface area contributed by atoms with Crippen LogP contribution in [-0.2, 0) is 4.79 Å². The largest absolute Gasteiger partial charge is 0.493 e. The first kappa shape index (κ1) is 18.3. The first-order valence-electron chi connectivity index (χ1n) is 9.29. The van der Waals surface area contributed by atoms with Crippen LogP contribution in [0, 0.1) is 5.92 Å². The number of carbonyl (C=O) groups is 1. The van der Waals surface area contributed by atoms with E-state index in [0.717, 1.165) is 51.0 Å². The molecule has 2 saturated carbocycles. The van der Waals surface area contributed by atoms with Crippen LogP contribution in [0.25, 0.3) is 0 Å². The lowest BCUT2D eigenvalue weighted by Gasteiger charge is -2.29. The van der Waals surface area contributed by atoms with Gasteiger partial charge in [0.1, 0.15) is 0 Å². The molecule has 0 unspecified atom stereocenters. The number of nitrogens with one attached hydrogen (secondary N) is 1. The maximum Gasteiger partial charge on any atom is 0.258 e. The fraction of sp³-hybridized carbons (Fsp3) is 0.722. The number of carbonyl (C=O) groups excluding carboxylic acids is 1. The average molecular weight is 365 g/mol. The van der Waals surface area contributed by atoms with Crippen molar-refractivity contribution in [1.29, 1.82) is 0 Å². The quantitative estimate of drug-likeness (QED) is 0.619. The maximum absolute atomic E-state index is 12.3. The molecule has 6 nitrogen and oxygen atoms in total. The van der Waals surface area contributed by atoms with E-state index in [1.54, 1.807) is 4.57 Å². The number of hydrogen-bond donors (Lipinski definition) is 2. The maximum atomic E-state index is 12.3. The Morgan fingerprint density at radius 1 is 1.28 bits per heavy atom. The van der Waals surface area contributed by atoms with E-state index in [4.69, 9.17) is 0 Å². The van der Waals surface area contributed by atoms with Crippen molar-refractivity contribution >= 4 is 17.7 Å². The highest BCUT2D eigenvalue weighted by molar-refractivity contribution is 7.99. The van der Waals surface area contributed by atoms with Gasteiger partial charge in [-0.3, -0.25) is 14.2 Å². The summed E-state index contributed by atoms with van der Waals surface area (Å²) in [5.74, 6) is 0.423. The molecule has 138 valence electrons. The highest BCUT2D eigenvalue weighted by atomic mass is 32.2. The number of nitrogens with zero attached hydrogens (tertiary/aromatic N) is 2. The minimum Gasteiger partial charge on any atom is -0.493 e. The molecule has 0 bridgehead atoms. The molecule has 2 fully saturated rings. The minimum absolute atomic E-state index is 0.0284. The van der Waals surface area contributed by atoms with E-state index in [2.05, 4.69) is 17.2 Å². The molecule has 0 radical (unpaired) electrons. The van der Waals surface area contributed by atoms with Crippen molar-refractivity contribution in [3.63, 3.8) is 0 Å². The molecule has 3 rings (SSSR count). The first-order valence-corrected chi connectivity index (χ1v) is 10.3. The van der Waals surface area contributed by atoms with Crippen molar-refractivity contribution in [3.05, 3.63) is 16.4 Å². The Balaban J connectivity index is 1.65. The Bertz CT molecular complexity index is 670. The topological polar surface area (TPSA) is 84.2 Å². The van der Waals surface area contributed by atoms with Crippen LogP contribution in [0.2, 0.25) is 0 Å². The van der Waals surface area contributed by atoms with E-state index >= 15 is 0 Å². The summed E-state index contributed by atoms with van der Waals surface area (Å²) in [4.78, 5) is 28.7. The lowest BCUT2D eigenvalue weighted by atomic mass is 9.86. The number of rotatable bonds is 5. The Kier molecular flexibility index (Phi) is 6.04. The molecule has 2 atom stereocenters. The minimum atomic E-state index is -0.275. The number of thioether (sulfide) groups is 1. The van der Waals surface area contributed by atoms with E-state index in [-0.39, 0.29) is 35.2 Å². The van der Waals surface area contributed by atoms with Crippen molar-refractivity contribution in [2.24, 2.45) is 5.92 Å². The van der Waals surface area contributed by atoms with Gasteiger partial charge >= 0.3 is 0 Å². The molecule has 2 N–H and O–H groups in total. The van der Waals surface area contributed by atoms with Crippen molar-refractivity contribution in [1.82, 2.24) is 14.9 Å². The molecule has 0 saturated heterocycles. The summed E-state index contributed by atoms with van der Waals surface area (Å²) in [6.45, 7) is 2.19. The summed E-state index contributed by atoms with van der Waals surface area (Å²) in [6.07, 6.45) is 8.70. The average Bonchev–Trinajstić information content (AvgIpc) is 3.08. The zero-order valence-electron chi connectivity index (χ0n) is 14.7. The SMILES string of the molecule is C[C@H]1CCCC[C@H]1NC(=O)CSc1nc(O)cc(=O)n1C1CCCC1. The van der Waals surface area contributed by atoms with Crippen LogP contribution in [0.5, 0.6) is 5.88 Å². The summed E-state index contributed by atoms with van der Waals surface area (Å²) >= 11 is 1.24. The second-order valence-corrected chi connectivity index (χ2v) is 8.21. The summed E-state index contributed by atoms with van der Waals surface area (Å²) in [5.41, 5.74) is -0.233. The number of amides is 1. The van der Waals surface area contributed by atoms with E-state index < -0.39 is 0 Å². The molecule has 2 aliphatic carbocycles. The highest BCUT2D eigenvalue weighted by Crippen LogP contribution is 2.32. The molecule has 1 aromatic heterocycles. The van der Waals surface area contributed by atoms with Crippen molar-refractivity contribution in [2.75, 3.05) is 5.75 Å². The number of aromatic hydroxyl groups is 1. The lowest BCUT2D eigenvalue weighted by molar-refractivity contribution is -0.119. The molecular formula is C18H27N3O3S. The molecule has 0 spiro atoms. The van der Waals surface area contributed by atoms with Gasteiger partial charge < -0.3 is 10.4 Å². The zero-order valence-corrected chi connectivity index (χ0v) is 15.6. The predicted molar refractivity (Wildman–Crippen MR) is 98.0 cm³/mol. The Hall–Kier alpha value is -1.50. The molecule has 2 aliphatic rings. The van der Waals surface area contributed by atoms with E-state index in [0.29, 0.717) is 11.1 Å². The van der Waals surface area contributed by atoms with Gasteiger partial charge in [-0.05, 0) is 31.6 Å². The third-order valence-corrected chi connectivity index (χ3v) is 6.34. The molecule has 1 heterocycles. The van der Waals surface area contributed by atoms with Gasteiger partial charge in [-0.1, -0.05) is 44.4 Å².